The summed E-state index contributed by atoms with van der Waals surface area (Å²) in [4.78, 5) is 11.9. The van der Waals surface area contributed by atoms with Crippen molar-refractivity contribution < 1.29 is 27.1 Å². The van der Waals surface area contributed by atoms with Crippen LogP contribution in [0, 0.1) is 5.82 Å². The van der Waals surface area contributed by atoms with Gasteiger partial charge in [0.1, 0.15) is 5.82 Å². The molecule has 6 nitrogen and oxygen atoms in total. The minimum absolute atomic E-state index is 0.105. The molecule has 1 heterocycles. The van der Waals surface area contributed by atoms with Gasteiger partial charge in [0.2, 0.25) is 12.7 Å². The summed E-state index contributed by atoms with van der Waals surface area (Å²) in [5.41, 5.74) is 0.921. The first-order valence-corrected chi connectivity index (χ1v) is 9.84. The molecule has 1 aliphatic rings. The van der Waals surface area contributed by atoms with Gasteiger partial charge in [0, 0.05) is 18.5 Å². The van der Waals surface area contributed by atoms with Crippen LogP contribution in [0.15, 0.2) is 42.5 Å². The molecular formula is C18H18FNO5S. The van der Waals surface area contributed by atoms with Crippen LogP contribution in [0.25, 0.3) is 0 Å². The van der Waals surface area contributed by atoms with Crippen LogP contribution in [0.1, 0.15) is 17.5 Å². The zero-order valence-corrected chi connectivity index (χ0v) is 14.7. The summed E-state index contributed by atoms with van der Waals surface area (Å²) in [5.74, 6) is -0.449. The van der Waals surface area contributed by atoms with E-state index in [1.54, 1.807) is 24.3 Å². The summed E-state index contributed by atoms with van der Waals surface area (Å²) >= 11 is 0. The second-order valence-electron chi connectivity index (χ2n) is 5.90. The van der Waals surface area contributed by atoms with Crippen molar-refractivity contribution in [1.82, 2.24) is 5.32 Å². The molecule has 26 heavy (non-hydrogen) atoms. The third kappa shape index (κ3) is 4.72. The molecule has 0 saturated carbocycles. The summed E-state index contributed by atoms with van der Waals surface area (Å²) in [7, 11) is -3.58. The lowest BCUT2D eigenvalue weighted by atomic mass is 10.2. The van der Waals surface area contributed by atoms with Gasteiger partial charge in [-0.2, -0.15) is 0 Å². The number of halogens is 1. The van der Waals surface area contributed by atoms with E-state index in [1.807, 2.05) is 0 Å². The molecule has 0 aromatic heterocycles. The van der Waals surface area contributed by atoms with E-state index in [0.29, 0.717) is 11.5 Å². The Hall–Kier alpha value is -2.61. The first kappa shape index (κ1) is 18.2. The van der Waals surface area contributed by atoms with E-state index < -0.39 is 21.4 Å². The molecule has 8 heteroatoms. The fourth-order valence-electron chi connectivity index (χ4n) is 2.51. The Morgan fingerprint density at radius 3 is 2.69 bits per heavy atom. The van der Waals surface area contributed by atoms with Crippen LogP contribution in [0.5, 0.6) is 11.5 Å². The summed E-state index contributed by atoms with van der Waals surface area (Å²) < 4.78 is 48.2. The minimum atomic E-state index is -3.58. The van der Waals surface area contributed by atoms with Gasteiger partial charge in [-0.05, 0) is 23.8 Å². The van der Waals surface area contributed by atoms with Gasteiger partial charge in [0.05, 0.1) is 11.5 Å². The lowest BCUT2D eigenvalue weighted by molar-refractivity contribution is -0.120. The number of rotatable bonds is 7. The number of hydrogen-bond acceptors (Lipinski definition) is 5. The van der Waals surface area contributed by atoms with E-state index in [1.165, 1.54) is 18.2 Å². The van der Waals surface area contributed by atoms with Gasteiger partial charge in [-0.15, -0.1) is 0 Å². The van der Waals surface area contributed by atoms with Gasteiger partial charge >= 0.3 is 0 Å². The van der Waals surface area contributed by atoms with Crippen molar-refractivity contribution in [3.8, 4) is 11.5 Å². The predicted octanol–water partition coefficient (Wildman–Crippen LogP) is 2.18. The van der Waals surface area contributed by atoms with Gasteiger partial charge in [0.25, 0.3) is 0 Å². The number of fused-ring (bicyclic) bond motifs is 1. The Labute approximate surface area is 150 Å². The normalized spacial score (nSPS) is 12.8. The molecule has 2 aromatic carbocycles. The molecule has 0 atom stereocenters. The van der Waals surface area contributed by atoms with Crippen LogP contribution < -0.4 is 14.8 Å². The highest BCUT2D eigenvalue weighted by molar-refractivity contribution is 7.90. The molecule has 0 saturated heterocycles. The Bertz CT molecular complexity index is 914. The number of hydrogen-bond donors (Lipinski definition) is 1. The second kappa shape index (κ2) is 7.74. The molecule has 3 rings (SSSR count). The number of carbonyl (C=O) groups is 1. The first-order chi connectivity index (χ1) is 12.4. The van der Waals surface area contributed by atoms with Crippen LogP contribution in [0.3, 0.4) is 0 Å². The standard InChI is InChI=1S/C18H18FNO5S/c19-15-4-2-1-3-14(15)11-26(22,23)8-7-18(21)20-10-13-5-6-16-17(9-13)25-12-24-16/h1-6,9H,7-8,10-12H2,(H,20,21). The van der Waals surface area contributed by atoms with Crippen LogP contribution >= 0.6 is 0 Å². The van der Waals surface area contributed by atoms with E-state index in [4.69, 9.17) is 9.47 Å². The van der Waals surface area contributed by atoms with Crippen molar-refractivity contribution in [2.24, 2.45) is 0 Å². The van der Waals surface area contributed by atoms with Gasteiger partial charge < -0.3 is 14.8 Å². The van der Waals surface area contributed by atoms with E-state index in [0.717, 1.165) is 5.56 Å². The van der Waals surface area contributed by atoms with Crippen molar-refractivity contribution in [2.75, 3.05) is 12.5 Å². The van der Waals surface area contributed by atoms with Gasteiger partial charge in [0.15, 0.2) is 21.3 Å². The number of benzene rings is 2. The first-order valence-electron chi connectivity index (χ1n) is 8.02. The highest BCUT2D eigenvalue weighted by atomic mass is 32.2. The van der Waals surface area contributed by atoms with Crippen LogP contribution in [-0.2, 0) is 26.9 Å². The summed E-state index contributed by atoms with van der Waals surface area (Å²) in [6.07, 6.45) is -0.179. The summed E-state index contributed by atoms with van der Waals surface area (Å²) in [6, 6.07) is 11.0. The third-order valence-electron chi connectivity index (χ3n) is 3.90. The van der Waals surface area contributed by atoms with Crippen molar-refractivity contribution in [3.05, 3.63) is 59.4 Å². The third-order valence-corrected chi connectivity index (χ3v) is 5.48. The molecule has 0 bridgehead atoms. The van der Waals surface area contributed by atoms with E-state index in [2.05, 4.69) is 5.32 Å². The van der Waals surface area contributed by atoms with Crippen LogP contribution in [0.4, 0.5) is 4.39 Å². The molecule has 0 aliphatic carbocycles. The lowest BCUT2D eigenvalue weighted by Gasteiger charge is -2.08. The summed E-state index contributed by atoms with van der Waals surface area (Å²) in [6.45, 7) is 0.424. The largest absolute Gasteiger partial charge is 0.454 e. The molecule has 1 amide bonds. The van der Waals surface area contributed by atoms with E-state index in [-0.39, 0.29) is 37.0 Å². The minimum Gasteiger partial charge on any atom is -0.454 e. The van der Waals surface area contributed by atoms with Crippen molar-refractivity contribution >= 4 is 15.7 Å². The number of carbonyl (C=O) groups excluding carboxylic acids is 1. The van der Waals surface area contributed by atoms with Gasteiger partial charge in [-0.1, -0.05) is 24.3 Å². The Balaban J connectivity index is 1.48. The van der Waals surface area contributed by atoms with Crippen molar-refractivity contribution in [1.29, 1.82) is 0 Å². The van der Waals surface area contributed by atoms with Gasteiger partial charge in [-0.3, -0.25) is 4.79 Å². The smallest absolute Gasteiger partial charge is 0.231 e. The highest BCUT2D eigenvalue weighted by Crippen LogP contribution is 2.32. The number of ether oxygens (including phenoxy) is 2. The fraction of sp³-hybridized carbons (Fsp3) is 0.278. The average Bonchev–Trinajstić information content (AvgIpc) is 3.08. The predicted molar refractivity (Wildman–Crippen MR) is 92.9 cm³/mol. The van der Waals surface area contributed by atoms with Crippen LogP contribution in [-0.4, -0.2) is 26.9 Å². The fourth-order valence-corrected chi connectivity index (χ4v) is 3.86. The maximum absolute atomic E-state index is 13.6. The quantitative estimate of drug-likeness (QED) is 0.797. The average molecular weight is 379 g/mol. The van der Waals surface area contributed by atoms with Crippen molar-refractivity contribution in [2.45, 2.75) is 18.7 Å². The van der Waals surface area contributed by atoms with E-state index in [9.17, 15) is 17.6 Å². The maximum atomic E-state index is 13.6. The Morgan fingerprint density at radius 2 is 1.88 bits per heavy atom. The zero-order chi connectivity index (χ0) is 18.6. The number of sulfone groups is 1. The van der Waals surface area contributed by atoms with Crippen LogP contribution in [0.2, 0.25) is 0 Å². The topological polar surface area (TPSA) is 81.7 Å². The molecule has 0 unspecified atom stereocenters. The molecule has 138 valence electrons. The highest BCUT2D eigenvalue weighted by Gasteiger charge is 2.17. The SMILES string of the molecule is O=C(CCS(=O)(=O)Cc1ccccc1F)NCc1ccc2c(c1)OCO2. The molecule has 1 aliphatic heterocycles. The number of nitrogens with one attached hydrogen (secondary N) is 1. The lowest BCUT2D eigenvalue weighted by Crippen LogP contribution is -2.25. The number of amides is 1. The zero-order valence-electron chi connectivity index (χ0n) is 13.9. The second-order valence-corrected chi connectivity index (χ2v) is 8.08. The maximum Gasteiger partial charge on any atom is 0.231 e. The molecule has 2 aromatic rings. The summed E-state index contributed by atoms with van der Waals surface area (Å²) in [5, 5.41) is 2.66. The Morgan fingerprint density at radius 1 is 1.12 bits per heavy atom. The monoisotopic (exact) mass is 379 g/mol. The molecule has 0 fully saturated rings. The molecule has 1 N–H and O–H groups in total. The molecule has 0 spiro atoms. The van der Waals surface area contributed by atoms with Crippen molar-refractivity contribution in [3.63, 3.8) is 0 Å². The Kier molecular flexibility index (Phi) is 5.41. The van der Waals surface area contributed by atoms with Gasteiger partial charge in [-0.25, -0.2) is 12.8 Å². The van der Waals surface area contributed by atoms with E-state index >= 15 is 0 Å². The molecular weight excluding hydrogens is 361 g/mol. The molecule has 0 radical (unpaired) electrons.